The highest BCUT2D eigenvalue weighted by Gasteiger charge is 2.29. The van der Waals surface area contributed by atoms with E-state index in [0.29, 0.717) is 11.8 Å². The molecule has 2 rings (SSSR count). The molecule has 0 radical (unpaired) electrons. The lowest BCUT2D eigenvalue weighted by molar-refractivity contribution is -0.386. The number of nitrogens with one attached hydrogen (secondary N) is 1. The number of sulfonamides is 1. The number of nitrogens with zero attached hydrogens (tertiary/aromatic N) is 2. The Morgan fingerprint density at radius 1 is 1.27 bits per heavy atom. The first-order chi connectivity index (χ1) is 14.1. The standard InChI is InChI=1S/C20H31N3O6S/c1-5-22(6-2)30(27,28)16-10-11-19(18(12-16)23(25)26)29-13-20(24)21-17-9-7-8-14(3)15(17)4/h10-12,14-15,17H,5-9,13H2,1-4H3,(H,21,24). The number of carbonyl (C=O) groups excluding carboxylic acids is 1. The molecule has 10 heteroatoms. The van der Waals surface area contributed by atoms with Gasteiger partial charge in [0, 0.05) is 25.2 Å². The molecule has 0 aromatic heterocycles. The molecule has 30 heavy (non-hydrogen) atoms. The Labute approximate surface area is 178 Å². The van der Waals surface area contributed by atoms with Gasteiger partial charge >= 0.3 is 5.69 Å². The summed E-state index contributed by atoms with van der Waals surface area (Å²) in [6.45, 7) is 7.79. The maximum atomic E-state index is 12.6. The first-order valence-corrected chi connectivity index (χ1v) is 11.8. The Balaban J connectivity index is 2.12. The minimum absolute atomic E-state index is 0.0569. The van der Waals surface area contributed by atoms with E-state index < -0.39 is 20.6 Å². The molecular formula is C20H31N3O6S. The van der Waals surface area contributed by atoms with Gasteiger partial charge in [-0.1, -0.05) is 40.5 Å². The van der Waals surface area contributed by atoms with Gasteiger partial charge in [-0.25, -0.2) is 8.42 Å². The van der Waals surface area contributed by atoms with Crippen LogP contribution < -0.4 is 10.1 Å². The van der Waals surface area contributed by atoms with Gasteiger partial charge in [0.05, 0.1) is 9.82 Å². The predicted octanol–water partition coefficient (Wildman–Crippen LogP) is 2.95. The number of hydrogen-bond donors (Lipinski definition) is 1. The lowest BCUT2D eigenvalue weighted by Gasteiger charge is -2.34. The predicted molar refractivity (Wildman–Crippen MR) is 113 cm³/mol. The minimum Gasteiger partial charge on any atom is -0.477 e. The number of carbonyl (C=O) groups is 1. The van der Waals surface area contributed by atoms with Gasteiger partial charge in [0.2, 0.25) is 10.0 Å². The van der Waals surface area contributed by atoms with Gasteiger partial charge in [-0.2, -0.15) is 4.31 Å². The SMILES string of the molecule is CCN(CC)S(=O)(=O)c1ccc(OCC(=O)NC2CCCC(C)C2C)c([N+](=O)[O-])c1. The van der Waals surface area contributed by atoms with Gasteiger partial charge in [-0.15, -0.1) is 0 Å². The Morgan fingerprint density at radius 3 is 2.53 bits per heavy atom. The van der Waals surface area contributed by atoms with E-state index in [1.54, 1.807) is 13.8 Å². The second kappa shape index (κ2) is 10.2. The molecule has 1 fully saturated rings. The van der Waals surface area contributed by atoms with E-state index in [-0.39, 0.29) is 42.3 Å². The van der Waals surface area contributed by atoms with Crippen molar-refractivity contribution in [2.45, 2.75) is 57.9 Å². The van der Waals surface area contributed by atoms with Crippen LogP contribution in [0.2, 0.25) is 0 Å². The van der Waals surface area contributed by atoms with Crippen molar-refractivity contribution in [2.24, 2.45) is 11.8 Å². The van der Waals surface area contributed by atoms with Crippen LogP contribution in [-0.2, 0) is 14.8 Å². The molecule has 0 aliphatic heterocycles. The molecule has 1 aliphatic rings. The molecule has 1 aromatic rings. The monoisotopic (exact) mass is 441 g/mol. The van der Waals surface area contributed by atoms with Crippen LogP contribution in [0.1, 0.15) is 47.0 Å². The van der Waals surface area contributed by atoms with E-state index >= 15 is 0 Å². The van der Waals surface area contributed by atoms with Crippen LogP contribution in [0.25, 0.3) is 0 Å². The molecule has 0 heterocycles. The summed E-state index contributed by atoms with van der Waals surface area (Å²) in [5, 5.41) is 14.4. The summed E-state index contributed by atoms with van der Waals surface area (Å²) in [4.78, 5) is 22.9. The van der Waals surface area contributed by atoms with E-state index in [1.165, 1.54) is 16.4 Å². The third-order valence-electron chi connectivity index (χ3n) is 5.88. The largest absolute Gasteiger partial charge is 0.477 e. The topological polar surface area (TPSA) is 119 Å². The fraction of sp³-hybridized carbons (Fsp3) is 0.650. The summed E-state index contributed by atoms with van der Waals surface area (Å²) in [6, 6.07) is 3.53. The molecule has 3 atom stereocenters. The van der Waals surface area contributed by atoms with Crippen molar-refractivity contribution in [1.82, 2.24) is 9.62 Å². The quantitative estimate of drug-likeness (QED) is 0.465. The van der Waals surface area contributed by atoms with Crippen LogP contribution in [0.3, 0.4) is 0 Å². The third-order valence-corrected chi connectivity index (χ3v) is 7.93. The smallest absolute Gasteiger partial charge is 0.312 e. The molecule has 9 nitrogen and oxygen atoms in total. The van der Waals surface area contributed by atoms with Crippen LogP contribution in [0.5, 0.6) is 5.75 Å². The maximum absolute atomic E-state index is 12.6. The van der Waals surface area contributed by atoms with Crippen molar-refractivity contribution in [2.75, 3.05) is 19.7 Å². The van der Waals surface area contributed by atoms with Crippen molar-refractivity contribution < 1.29 is 22.9 Å². The van der Waals surface area contributed by atoms with Crippen LogP contribution in [-0.4, -0.2) is 49.3 Å². The zero-order valence-electron chi connectivity index (χ0n) is 18.0. The molecule has 3 unspecified atom stereocenters. The van der Waals surface area contributed by atoms with Gasteiger partial charge in [0.15, 0.2) is 12.4 Å². The van der Waals surface area contributed by atoms with Crippen molar-refractivity contribution in [3.63, 3.8) is 0 Å². The first kappa shape index (κ1) is 24.1. The normalized spacial score (nSPS) is 22.0. The van der Waals surface area contributed by atoms with Gasteiger partial charge in [-0.05, 0) is 30.4 Å². The highest BCUT2D eigenvalue weighted by atomic mass is 32.2. The summed E-state index contributed by atoms with van der Waals surface area (Å²) in [5.41, 5.74) is -0.490. The number of benzene rings is 1. The molecule has 168 valence electrons. The number of amides is 1. The van der Waals surface area contributed by atoms with Gasteiger partial charge in [0.1, 0.15) is 0 Å². The number of hydrogen-bond acceptors (Lipinski definition) is 6. The van der Waals surface area contributed by atoms with Gasteiger partial charge < -0.3 is 10.1 Å². The van der Waals surface area contributed by atoms with Crippen LogP contribution in [0.4, 0.5) is 5.69 Å². The van der Waals surface area contributed by atoms with Crippen molar-refractivity contribution in [1.29, 1.82) is 0 Å². The average molecular weight is 442 g/mol. The molecule has 1 aliphatic carbocycles. The lowest BCUT2D eigenvalue weighted by Crippen LogP contribution is -2.45. The number of nitro groups is 1. The Kier molecular flexibility index (Phi) is 8.19. The highest BCUT2D eigenvalue weighted by molar-refractivity contribution is 7.89. The average Bonchev–Trinajstić information content (AvgIpc) is 2.70. The minimum atomic E-state index is -3.84. The molecule has 0 spiro atoms. The molecule has 1 saturated carbocycles. The molecular weight excluding hydrogens is 410 g/mol. The third kappa shape index (κ3) is 5.48. The zero-order chi connectivity index (χ0) is 22.5. The fourth-order valence-electron chi connectivity index (χ4n) is 3.81. The van der Waals surface area contributed by atoms with E-state index in [4.69, 9.17) is 4.74 Å². The lowest BCUT2D eigenvalue weighted by atomic mass is 9.78. The van der Waals surface area contributed by atoms with Crippen LogP contribution in [0, 0.1) is 22.0 Å². The van der Waals surface area contributed by atoms with Crippen molar-refractivity contribution >= 4 is 21.6 Å². The zero-order valence-corrected chi connectivity index (χ0v) is 18.8. The van der Waals surface area contributed by atoms with E-state index in [0.717, 1.165) is 25.3 Å². The van der Waals surface area contributed by atoms with Crippen LogP contribution >= 0.6 is 0 Å². The summed E-state index contributed by atoms with van der Waals surface area (Å²) >= 11 is 0. The van der Waals surface area contributed by atoms with Crippen LogP contribution in [0.15, 0.2) is 23.1 Å². The van der Waals surface area contributed by atoms with Gasteiger partial charge in [-0.3, -0.25) is 14.9 Å². The number of nitro benzene ring substituents is 1. The summed E-state index contributed by atoms with van der Waals surface area (Å²) in [6.07, 6.45) is 3.08. The second-order valence-corrected chi connectivity index (χ2v) is 9.64. The Morgan fingerprint density at radius 2 is 1.93 bits per heavy atom. The van der Waals surface area contributed by atoms with Gasteiger partial charge in [0.25, 0.3) is 5.91 Å². The van der Waals surface area contributed by atoms with Crippen molar-refractivity contribution in [3.8, 4) is 5.75 Å². The van der Waals surface area contributed by atoms with E-state index in [9.17, 15) is 23.3 Å². The Bertz CT molecular complexity index is 869. The second-order valence-electron chi connectivity index (χ2n) is 7.71. The summed E-state index contributed by atoms with van der Waals surface area (Å²) in [5.74, 6) is 0.377. The highest BCUT2D eigenvalue weighted by Crippen LogP contribution is 2.31. The summed E-state index contributed by atoms with van der Waals surface area (Å²) in [7, 11) is -3.84. The van der Waals surface area contributed by atoms with E-state index in [1.807, 2.05) is 0 Å². The maximum Gasteiger partial charge on any atom is 0.312 e. The molecule has 1 amide bonds. The fourth-order valence-corrected chi connectivity index (χ4v) is 5.29. The van der Waals surface area contributed by atoms with Crippen molar-refractivity contribution in [3.05, 3.63) is 28.3 Å². The van der Waals surface area contributed by atoms with E-state index in [2.05, 4.69) is 19.2 Å². The molecule has 1 aromatic carbocycles. The molecule has 1 N–H and O–H groups in total. The number of ether oxygens (including phenoxy) is 1. The summed E-state index contributed by atoms with van der Waals surface area (Å²) < 4.78 is 31.8. The molecule has 0 saturated heterocycles. The number of rotatable bonds is 9. The first-order valence-electron chi connectivity index (χ1n) is 10.3. The Hall–Kier alpha value is -2.20. The molecule has 0 bridgehead atoms.